The van der Waals surface area contributed by atoms with Crippen molar-refractivity contribution >= 4 is 11.7 Å². The number of unbranched alkanes of at least 4 members (excludes halogenated alkanes) is 3. The molecule has 0 bridgehead atoms. The second kappa shape index (κ2) is 8.40. The Kier molecular flexibility index (Phi) is 6.79. The topological polar surface area (TPSA) is 61.5 Å². The molecule has 0 amide bonds. The molecule has 0 unspecified atom stereocenters. The molecule has 0 heterocycles. The zero-order valence-corrected chi connectivity index (χ0v) is 11.8. The van der Waals surface area contributed by atoms with E-state index in [0.29, 0.717) is 30.2 Å². The third-order valence-electron chi connectivity index (χ3n) is 2.78. The number of hydrogen-bond donors (Lipinski definition) is 1. The lowest BCUT2D eigenvalue weighted by Crippen LogP contribution is -2.06. The lowest BCUT2D eigenvalue weighted by Gasteiger charge is -2.10. The Labute approximate surface area is 114 Å². The Balaban J connectivity index is 2.56. The molecule has 1 aromatic rings. The summed E-state index contributed by atoms with van der Waals surface area (Å²) in [5.41, 5.74) is 6.84. The number of carbonyl (C=O) groups excluding carboxylic acids is 1. The van der Waals surface area contributed by atoms with Crippen LogP contribution in [-0.2, 0) is 4.74 Å². The van der Waals surface area contributed by atoms with Crippen molar-refractivity contribution in [1.29, 1.82) is 0 Å². The summed E-state index contributed by atoms with van der Waals surface area (Å²) in [5.74, 6) is 0.209. The van der Waals surface area contributed by atoms with Crippen LogP contribution >= 0.6 is 0 Å². The summed E-state index contributed by atoms with van der Waals surface area (Å²) in [5, 5.41) is 0. The fraction of sp³-hybridized carbons (Fsp3) is 0.533. The van der Waals surface area contributed by atoms with E-state index in [1.165, 1.54) is 12.8 Å². The summed E-state index contributed by atoms with van der Waals surface area (Å²) in [6.45, 7) is 4.93. The van der Waals surface area contributed by atoms with E-state index in [4.69, 9.17) is 15.2 Å². The molecular formula is C15H23NO3. The highest BCUT2D eigenvalue weighted by Crippen LogP contribution is 2.23. The smallest absolute Gasteiger partial charge is 0.338 e. The van der Waals surface area contributed by atoms with Crippen LogP contribution in [0.1, 0.15) is 49.9 Å². The maximum atomic E-state index is 11.6. The fourth-order valence-electron chi connectivity index (χ4n) is 1.71. The first-order chi connectivity index (χ1) is 9.19. The van der Waals surface area contributed by atoms with Gasteiger partial charge >= 0.3 is 5.97 Å². The van der Waals surface area contributed by atoms with Crippen LogP contribution in [0.2, 0.25) is 0 Å². The maximum absolute atomic E-state index is 11.6. The Hall–Kier alpha value is -1.71. The predicted octanol–water partition coefficient (Wildman–Crippen LogP) is 3.40. The number of nitrogen functional groups attached to an aromatic ring is 1. The van der Waals surface area contributed by atoms with Crippen molar-refractivity contribution in [2.75, 3.05) is 18.9 Å². The van der Waals surface area contributed by atoms with Gasteiger partial charge in [-0.2, -0.15) is 0 Å². The Bertz CT molecular complexity index is 404. The number of carbonyl (C=O) groups is 1. The zero-order chi connectivity index (χ0) is 14.1. The highest BCUT2D eigenvalue weighted by molar-refractivity contribution is 5.90. The lowest BCUT2D eigenvalue weighted by atomic mass is 10.2. The molecule has 19 heavy (non-hydrogen) atoms. The summed E-state index contributed by atoms with van der Waals surface area (Å²) in [6.07, 6.45) is 4.55. The van der Waals surface area contributed by atoms with E-state index < -0.39 is 0 Å². The fourth-order valence-corrected chi connectivity index (χ4v) is 1.71. The van der Waals surface area contributed by atoms with Crippen LogP contribution < -0.4 is 10.5 Å². The van der Waals surface area contributed by atoms with Crippen LogP contribution in [0.5, 0.6) is 5.75 Å². The maximum Gasteiger partial charge on any atom is 0.338 e. The highest BCUT2D eigenvalue weighted by Gasteiger charge is 2.09. The summed E-state index contributed by atoms with van der Waals surface area (Å²) >= 11 is 0. The van der Waals surface area contributed by atoms with E-state index in [1.807, 2.05) is 0 Å². The van der Waals surface area contributed by atoms with Crippen LogP contribution in [0.25, 0.3) is 0 Å². The third-order valence-corrected chi connectivity index (χ3v) is 2.78. The molecular weight excluding hydrogens is 242 g/mol. The van der Waals surface area contributed by atoms with Crippen molar-refractivity contribution in [2.45, 2.75) is 39.5 Å². The van der Waals surface area contributed by atoms with Gasteiger partial charge in [-0.3, -0.25) is 0 Å². The average Bonchev–Trinajstić information content (AvgIpc) is 2.40. The van der Waals surface area contributed by atoms with Crippen molar-refractivity contribution in [3.05, 3.63) is 23.8 Å². The van der Waals surface area contributed by atoms with Gasteiger partial charge in [0.1, 0.15) is 5.75 Å². The molecule has 0 aliphatic rings. The van der Waals surface area contributed by atoms with Crippen molar-refractivity contribution in [1.82, 2.24) is 0 Å². The molecule has 1 rings (SSSR count). The molecule has 0 saturated heterocycles. The molecule has 4 heteroatoms. The van der Waals surface area contributed by atoms with Gasteiger partial charge in [0.2, 0.25) is 0 Å². The molecule has 0 aliphatic carbocycles. The minimum Gasteiger partial charge on any atom is -0.491 e. The van der Waals surface area contributed by atoms with Gasteiger partial charge in [0.15, 0.2) is 0 Å². The van der Waals surface area contributed by atoms with Gasteiger partial charge in [0.25, 0.3) is 0 Å². The number of ether oxygens (including phenoxy) is 2. The molecule has 2 N–H and O–H groups in total. The van der Waals surface area contributed by atoms with Crippen molar-refractivity contribution in [3.63, 3.8) is 0 Å². The second-order valence-electron chi connectivity index (χ2n) is 4.38. The van der Waals surface area contributed by atoms with Crippen molar-refractivity contribution in [3.8, 4) is 5.75 Å². The van der Waals surface area contributed by atoms with Crippen LogP contribution in [0.3, 0.4) is 0 Å². The number of esters is 1. The molecule has 1 aromatic carbocycles. The van der Waals surface area contributed by atoms with Crippen LogP contribution in [0, 0.1) is 0 Å². The quantitative estimate of drug-likeness (QED) is 0.444. The number of hydrogen-bond acceptors (Lipinski definition) is 4. The Morgan fingerprint density at radius 2 is 2.00 bits per heavy atom. The average molecular weight is 265 g/mol. The minimum atomic E-state index is -0.349. The molecule has 0 fully saturated rings. The van der Waals surface area contributed by atoms with E-state index >= 15 is 0 Å². The van der Waals surface area contributed by atoms with E-state index in [9.17, 15) is 4.79 Å². The SMILES string of the molecule is CCCCCCOc1cc(C(=O)OCC)ccc1N. The monoisotopic (exact) mass is 265 g/mol. The molecule has 4 nitrogen and oxygen atoms in total. The van der Waals surface area contributed by atoms with Crippen LogP contribution in [0.15, 0.2) is 18.2 Å². The van der Waals surface area contributed by atoms with E-state index in [-0.39, 0.29) is 5.97 Å². The van der Waals surface area contributed by atoms with Gasteiger partial charge in [-0.15, -0.1) is 0 Å². The van der Waals surface area contributed by atoms with Gasteiger partial charge in [0.05, 0.1) is 24.5 Å². The van der Waals surface area contributed by atoms with Crippen LogP contribution in [-0.4, -0.2) is 19.2 Å². The molecule has 0 radical (unpaired) electrons. The summed E-state index contributed by atoms with van der Waals surface area (Å²) in [4.78, 5) is 11.6. The normalized spacial score (nSPS) is 10.2. The highest BCUT2D eigenvalue weighted by atomic mass is 16.5. The Morgan fingerprint density at radius 3 is 2.68 bits per heavy atom. The predicted molar refractivity (Wildman–Crippen MR) is 76.4 cm³/mol. The molecule has 0 atom stereocenters. The molecule has 106 valence electrons. The largest absolute Gasteiger partial charge is 0.491 e. The summed E-state index contributed by atoms with van der Waals surface area (Å²) in [7, 11) is 0. The van der Waals surface area contributed by atoms with Gasteiger partial charge in [-0.1, -0.05) is 26.2 Å². The van der Waals surface area contributed by atoms with Gasteiger partial charge < -0.3 is 15.2 Å². The Morgan fingerprint density at radius 1 is 1.21 bits per heavy atom. The molecule has 0 aromatic heterocycles. The van der Waals surface area contributed by atoms with Crippen molar-refractivity contribution < 1.29 is 14.3 Å². The number of benzene rings is 1. The van der Waals surface area contributed by atoms with Crippen molar-refractivity contribution in [2.24, 2.45) is 0 Å². The number of anilines is 1. The van der Waals surface area contributed by atoms with Gasteiger partial charge in [-0.25, -0.2) is 4.79 Å². The van der Waals surface area contributed by atoms with E-state index in [1.54, 1.807) is 25.1 Å². The summed E-state index contributed by atoms with van der Waals surface area (Å²) in [6, 6.07) is 4.97. The standard InChI is InChI=1S/C15H23NO3/c1-3-5-6-7-10-19-14-11-12(8-9-13(14)16)15(17)18-4-2/h8-9,11H,3-7,10,16H2,1-2H3. The van der Waals surface area contributed by atoms with E-state index in [2.05, 4.69) is 6.92 Å². The summed E-state index contributed by atoms with van der Waals surface area (Å²) < 4.78 is 10.6. The zero-order valence-electron chi connectivity index (χ0n) is 11.8. The number of rotatable bonds is 8. The first kappa shape index (κ1) is 15.3. The minimum absolute atomic E-state index is 0.349. The third kappa shape index (κ3) is 5.20. The first-order valence-electron chi connectivity index (χ1n) is 6.88. The number of nitrogens with two attached hydrogens (primary N) is 1. The van der Waals surface area contributed by atoms with Crippen LogP contribution in [0.4, 0.5) is 5.69 Å². The molecule has 0 saturated carbocycles. The lowest BCUT2D eigenvalue weighted by molar-refractivity contribution is 0.0526. The van der Waals surface area contributed by atoms with E-state index in [0.717, 1.165) is 12.8 Å². The second-order valence-corrected chi connectivity index (χ2v) is 4.38. The molecule has 0 spiro atoms. The first-order valence-corrected chi connectivity index (χ1v) is 6.88. The van der Waals surface area contributed by atoms with Gasteiger partial charge in [0, 0.05) is 0 Å². The molecule has 0 aliphatic heterocycles. The van der Waals surface area contributed by atoms with Gasteiger partial charge in [-0.05, 0) is 31.5 Å².